The Morgan fingerprint density at radius 1 is 1.24 bits per heavy atom. The molecule has 1 aliphatic rings. The summed E-state index contributed by atoms with van der Waals surface area (Å²) in [5.74, 6) is 0.293. The van der Waals surface area contributed by atoms with E-state index in [4.69, 9.17) is 4.74 Å². The van der Waals surface area contributed by atoms with E-state index in [2.05, 4.69) is 20.3 Å². The first-order valence-electron chi connectivity index (χ1n) is 7.61. The number of nitrogens with one attached hydrogen (secondary N) is 1. The van der Waals surface area contributed by atoms with Crippen LogP contribution in [0.2, 0.25) is 0 Å². The Balaban J connectivity index is 1.56. The highest BCUT2D eigenvalue weighted by Crippen LogP contribution is 2.27. The van der Waals surface area contributed by atoms with Crippen LogP contribution in [-0.4, -0.2) is 47.0 Å². The number of hydrogen-bond acceptors (Lipinski definition) is 5. The second-order valence-electron chi connectivity index (χ2n) is 5.45. The van der Waals surface area contributed by atoms with Gasteiger partial charge in [-0.05, 0) is 18.2 Å². The first-order valence-corrected chi connectivity index (χ1v) is 7.61. The van der Waals surface area contributed by atoms with Crippen LogP contribution < -0.4 is 10.2 Å². The van der Waals surface area contributed by atoms with Crippen molar-refractivity contribution >= 4 is 17.4 Å². The fourth-order valence-electron chi connectivity index (χ4n) is 2.39. The number of rotatable bonds is 4. The van der Waals surface area contributed by atoms with E-state index in [0.717, 1.165) is 35.9 Å². The van der Waals surface area contributed by atoms with Gasteiger partial charge in [0.05, 0.1) is 25.1 Å². The summed E-state index contributed by atoms with van der Waals surface area (Å²) in [5, 5.41) is 5.92. The quantitative estimate of drug-likeness (QED) is 0.905. The lowest BCUT2D eigenvalue weighted by Gasteiger charge is -2.27. The number of ether oxygens (including phenoxy) is 1. The molecule has 25 heavy (non-hydrogen) atoms. The summed E-state index contributed by atoms with van der Waals surface area (Å²) >= 11 is 0. The van der Waals surface area contributed by atoms with Crippen LogP contribution in [0.4, 0.5) is 24.7 Å². The highest BCUT2D eigenvalue weighted by molar-refractivity contribution is 5.90. The molecule has 1 saturated heterocycles. The molecule has 0 aromatic carbocycles. The molecule has 1 N–H and O–H groups in total. The molecule has 1 fully saturated rings. The number of hydrogen-bond donors (Lipinski definition) is 1. The number of carbonyl (C=O) groups excluding carboxylic acids is 1. The Morgan fingerprint density at radius 2 is 2.00 bits per heavy atom. The van der Waals surface area contributed by atoms with Gasteiger partial charge in [0.1, 0.15) is 12.4 Å². The predicted octanol–water partition coefficient (Wildman–Crippen LogP) is 1.77. The lowest BCUT2D eigenvalue weighted by atomic mass is 10.3. The lowest BCUT2D eigenvalue weighted by molar-refractivity contribution is -0.141. The summed E-state index contributed by atoms with van der Waals surface area (Å²) in [4.78, 5) is 18.3. The molecule has 2 aromatic rings. The van der Waals surface area contributed by atoms with Crippen LogP contribution >= 0.6 is 0 Å². The molecule has 10 heteroatoms. The minimum Gasteiger partial charge on any atom is -0.378 e. The molecule has 0 atom stereocenters. The maximum atomic E-state index is 12.5. The van der Waals surface area contributed by atoms with Crippen molar-refractivity contribution in [3.05, 3.63) is 36.3 Å². The summed E-state index contributed by atoms with van der Waals surface area (Å²) in [7, 11) is 0. The van der Waals surface area contributed by atoms with Crippen LogP contribution in [0.25, 0.3) is 0 Å². The summed E-state index contributed by atoms with van der Waals surface area (Å²) in [5.41, 5.74) is -0.568. The van der Waals surface area contributed by atoms with Crippen LogP contribution in [0.15, 0.2) is 30.6 Å². The number of carbonyl (C=O) groups is 1. The number of pyridine rings is 1. The third-order valence-corrected chi connectivity index (χ3v) is 3.60. The fourth-order valence-corrected chi connectivity index (χ4v) is 2.39. The van der Waals surface area contributed by atoms with Gasteiger partial charge in [-0.2, -0.15) is 18.3 Å². The highest BCUT2D eigenvalue weighted by atomic mass is 19.4. The first-order chi connectivity index (χ1) is 11.9. The van der Waals surface area contributed by atoms with Gasteiger partial charge < -0.3 is 15.0 Å². The van der Waals surface area contributed by atoms with Crippen LogP contribution in [0.3, 0.4) is 0 Å². The van der Waals surface area contributed by atoms with Crippen molar-refractivity contribution in [1.29, 1.82) is 0 Å². The van der Waals surface area contributed by atoms with Crippen molar-refractivity contribution in [2.45, 2.75) is 12.7 Å². The van der Waals surface area contributed by atoms with Crippen molar-refractivity contribution in [3.8, 4) is 0 Å². The fraction of sp³-hybridized carbons (Fsp3) is 0.400. The third kappa shape index (κ3) is 4.47. The van der Waals surface area contributed by atoms with Crippen molar-refractivity contribution in [3.63, 3.8) is 0 Å². The van der Waals surface area contributed by atoms with Gasteiger partial charge in [-0.1, -0.05) is 0 Å². The zero-order valence-corrected chi connectivity index (χ0v) is 13.2. The molecule has 134 valence electrons. The Kier molecular flexibility index (Phi) is 4.88. The number of alkyl halides is 3. The topological polar surface area (TPSA) is 72.3 Å². The van der Waals surface area contributed by atoms with E-state index in [1.165, 1.54) is 6.20 Å². The van der Waals surface area contributed by atoms with Gasteiger partial charge in [0.15, 0.2) is 5.69 Å². The maximum absolute atomic E-state index is 12.5. The van der Waals surface area contributed by atoms with Gasteiger partial charge in [0.25, 0.3) is 0 Å². The normalized spacial score (nSPS) is 15.2. The van der Waals surface area contributed by atoms with Gasteiger partial charge in [-0.25, -0.2) is 4.98 Å². The van der Waals surface area contributed by atoms with Gasteiger partial charge >= 0.3 is 6.18 Å². The first kappa shape index (κ1) is 17.2. The van der Waals surface area contributed by atoms with E-state index < -0.39 is 17.8 Å². The molecule has 0 saturated carbocycles. The molecule has 0 spiro atoms. The summed E-state index contributed by atoms with van der Waals surface area (Å²) < 4.78 is 43.7. The molecule has 2 aromatic heterocycles. The van der Waals surface area contributed by atoms with E-state index in [1.54, 1.807) is 12.1 Å². The second kappa shape index (κ2) is 7.09. The Hall–Kier alpha value is -2.62. The van der Waals surface area contributed by atoms with Crippen molar-refractivity contribution in [2.75, 3.05) is 36.5 Å². The molecule has 0 radical (unpaired) electrons. The van der Waals surface area contributed by atoms with Crippen LogP contribution in [0.1, 0.15) is 5.69 Å². The second-order valence-corrected chi connectivity index (χ2v) is 5.45. The van der Waals surface area contributed by atoms with Gasteiger partial charge in [0.2, 0.25) is 5.91 Å². The minimum absolute atomic E-state index is 0.318. The number of nitrogens with zero attached hydrogens (tertiary/aromatic N) is 4. The molecule has 3 rings (SSSR count). The van der Waals surface area contributed by atoms with Crippen LogP contribution in [0, 0.1) is 0 Å². The molecule has 0 unspecified atom stereocenters. The number of anilines is 2. The average Bonchev–Trinajstić information content (AvgIpc) is 3.05. The summed E-state index contributed by atoms with van der Waals surface area (Å²) in [6.07, 6.45) is -1.91. The molecule has 7 nitrogen and oxygen atoms in total. The smallest absolute Gasteiger partial charge is 0.378 e. The molecule has 0 bridgehead atoms. The van der Waals surface area contributed by atoms with E-state index in [-0.39, 0.29) is 6.54 Å². The SMILES string of the molecule is O=C(Cn1ccc(C(F)(F)F)n1)Nc1ccc(N2CCOCC2)nc1. The lowest BCUT2D eigenvalue weighted by Crippen LogP contribution is -2.36. The zero-order valence-electron chi connectivity index (χ0n) is 13.2. The predicted molar refractivity (Wildman–Crippen MR) is 83.1 cm³/mol. The average molecular weight is 355 g/mol. The molecular weight excluding hydrogens is 339 g/mol. The Bertz CT molecular complexity index is 724. The largest absolute Gasteiger partial charge is 0.435 e. The standard InChI is InChI=1S/C15H16F3N5O2/c16-15(17,18)12-3-4-23(21-12)10-14(24)20-11-1-2-13(19-9-11)22-5-7-25-8-6-22/h1-4,9H,5-8,10H2,(H,20,24). The van der Waals surface area contributed by atoms with Crippen molar-refractivity contribution in [1.82, 2.24) is 14.8 Å². The molecule has 1 amide bonds. The number of morpholine rings is 1. The minimum atomic E-state index is -4.53. The van der Waals surface area contributed by atoms with E-state index in [1.807, 2.05) is 0 Å². The highest BCUT2D eigenvalue weighted by Gasteiger charge is 2.33. The maximum Gasteiger partial charge on any atom is 0.435 e. The van der Waals surface area contributed by atoms with E-state index in [9.17, 15) is 18.0 Å². The van der Waals surface area contributed by atoms with Gasteiger partial charge in [-0.3, -0.25) is 9.48 Å². The monoisotopic (exact) mass is 355 g/mol. The van der Waals surface area contributed by atoms with Gasteiger partial charge in [-0.15, -0.1) is 0 Å². The van der Waals surface area contributed by atoms with Crippen molar-refractivity contribution < 1.29 is 22.7 Å². The summed E-state index contributed by atoms with van der Waals surface area (Å²) in [6.45, 7) is 2.47. The third-order valence-electron chi connectivity index (χ3n) is 3.60. The van der Waals surface area contributed by atoms with E-state index in [0.29, 0.717) is 18.9 Å². The Morgan fingerprint density at radius 3 is 2.60 bits per heavy atom. The number of halogens is 3. The number of amides is 1. The van der Waals surface area contributed by atoms with Crippen LogP contribution in [0.5, 0.6) is 0 Å². The van der Waals surface area contributed by atoms with Crippen molar-refractivity contribution in [2.24, 2.45) is 0 Å². The molecule has 3 heterocycles. The van der Waals surface area contributed by atoms with Crippen LogP contribution in [-0.2, 0) is 22.3 Å². The Labute approximate surface area is 141 Å². The van der Waals surface area contributed by atoms with Gasteiger partial charge in [0, 0.05) is 19.3 Å². The molecular formula is C15H16F3N5O2. The number of aromatic nitrogens is 3. The molecule has 0 aliphatic carbocycles. The summed E-state index contributed by atoms with van der Waals surface area (Å²) in [6, 6.07) is 4.29. The zero-order chi connectivity index (χ0) is 17.9. The molecule has 1 aliphatic heterocycles. The van der Waals surface area contributed by atoms with E-state index >= 15 is 0 Å².